The molecule has 0 bridgehead atoms. The molecule has 250 valence electrons. The Balaban J connectivity index is 1.25. The topological polar surface area (TPSA) is 121 Å². The van der Waals surface area contributed by atoms with Crippen LogP contribution in [0.4, 0.5) is 0 Å². The molecule has 11 heteroatoms. The van der Waals surface area contributed by atoms with Gasteiger partial charge in [0.2, 0.25) is 11.8 Å². The van der Waals surface area contributed by atoms with Crippen molar-refractivity contribution in [1.29, 1.82) is 0 Å². The van der Waals surface area contributed by atoms with E-state index in [0.29, 0.717) is 30.6 Å². The van der Waals surface area contributed by atoms with Crippen LogP contribution < -0.4 is 0 Å². The van der Waals surface area contributed by atoms with Crippen LogP contribution in [-0.2, 0) is 32.3 Å². The molecule has 1 aromatic heterocycles. The summed E-state index contributed by atoms with van der Waals surface area (Å²) >= 11 is 0. The number of aliphatic hydroxyl groups is 1. The second-order valence-corrected chi connectivity index (χ2v) is 13.3. The van der Waals surface area contributed by atoms with Crippen LogP contribution in [0.25, 0.3) is 11.0 Å². The Morgan fingerprint density at radius 1 is 0.837 bits per heavy atom. The fourth-order valence-electron chi connectivity index (χ4n) is 8.42. The zero-order chi connectivity index (χ0) is 33.8. The number of rotatable bonds is 8. The Kier molecular flexibility index (Phi) is 7.68. The van der Waals surface area contributed by atoms with Gasteiger partial charge in [0.25, 0.3) is 5.91 Å². The van der Waals surface area contributed by atoms with Gasteiger partial charge in [0, 0.05) is 19.6 Å². The van der Waals surface area contributed by atoms with Gasteiger partial charge in [-0.15, -0.1) is 5.10 Å². The third kappa shape index (κ3) is 4.82. The number of nitrogens with zero attached hydrogens (tertiary/aromatic N) is 6. The molecule has 0 aliphatic carbocycles. The zero-order valence-electron chi connectivity index (χ0n) is 27.2. The number of amides is 3. The summed E-state index contributed by atoms with van der Waals surface area (Å²) in [6.45, 7) is 2.60. The van der Waals surface area contributed by atoms with E-state index in [4.69, 9.17) is 4.74 Å². The summed E-state index contributed by atoms with van der Waals surface area (Å²) in [4.78, 5) is 49.8. The van der Waals surface area contributed by atoms with Crippen molar-refractivity contribution in [2.75, 3.05) is 19.7 Å². The van der Waals surface area contributed by atoms with E-state index < -0.39 is 41.7 Å². The molecular formula is C38H38N6O5. The molecule has 4 aliphatic rings. The number of fused-ring (bicyclic) bond motifs is 3. The highest BCUT2D eigenvalue weighted by Crippen LogP contribution is 2.59. The van der Waals surface area contributed by atoms with Crippen LogP contribution in [0.1, 0.15) is 30.5 Å². The fraction of sp³-hybridized carbons (Fsp3) is 0.342. The van der Waals surface area contributed by atoms with Crippen LogP contribution >= 0.6 is 0 Å². The van der Waals surface area contributed by atoms with Gasteiger partial charge in [-0.05, 0) is 29.7 Å². The number of aromatic nitrogens is 3. The molecule has 2 fully saturated rings. The number of benzene rings is 3. The van der Waals surface area contributed by atoms with Crippen molar-refractivity contribution in [3.8, 4) is 0 Å². The van der Waals surface area contributed by atoms with E-state index in [-0.39, 0.29) is 30.9 Å². The summed E-state index contributed by atoms with van der Waals surface area (Å²) in [5, 5.41) is 19.5. The lowest BCUT2D eigenvalue weighted by Gasteiger charge is -2.40. The summed E-state index contributed by atoms with van der Waals surface area (Å²) in [7, 11) is 0. The SMILES string of the molecule is CC[C@@]12C=CCN(Cc3ccccc3)C(=O)[C@@H]1[C@H]1C(=O)N([C@H](CO)c3ccccc3)C3C(=O)N(Cn4nnc5ccccc54)CC=C[C@@]31O2. The Morgan fingerprint density at radius 3 is 2.29 bits per heavy atom. The summed E-state index contributed by atoms with van der Waals surface area (Å²) < 4.78 is 8.82. The first-order valence-electron chi connectivity index (χ1n) is 16.8. The lowest BCUT2D eigenvalue weighted by Crippen LogP contribution is -2.57. The van der Waals surface area contributed by atoms with Crippen molar-refractivity contribution >= 4 is 28.8 Å². The van der Waals surface area contributed by atoms with Crippen molar-refractivity contribution in [1.82, 2.24) is 29.7 Å². The maximum absolute atomic E-state index is 15.1. The van der Waals surface area contributed by atoms with E-state index in [9.17, 15) is 9.90 Å². The quantitative estimate of drug-likeness (QED) is 0.288. The Bertz CT molecular complexity index is 1960. The minimum atomic E-state index is -1.47. The van der Waals surface area contributed by atoms with E-state index in [2.05, 4.69) is 10.3 Å². The van der Waals surface area contributed by atoms with Crippen molar-refractivity contribution in [3.63, 3.8) is 0 Å². The highest BCUT2D eigenvalue weighted by Gasteiger charge is 2.76. The van der Waals surface area contributed by atoms with Crippen LogP contribution in [-0.4, -0.2) is 89.5 Å². The standard InChI is InChI=1S/C38H38N6O5/c1-2-37-19-11-21-41(23-26-13-5-3-6-14-26)34(46)31(37)32-35(47)44(30(24-45)27-15-7-4-8-16-27)33-36(48)42(22-12-20-38(32,33)49-37)25-43-29-18-10-9-17-28(29)39-40-43/h3-20,30-33,45H,2,21-25H2,1H3/t30-,31+,32+,33?,37-,38+/m1/s1. The lowest BCUT2D eigenvalue weighted by molar-refractivity contribution is -0.158. The maximum atomic E-state index is 15.1. The van der Waals surface area contributed by atoms with E-state index in [1.807, 2.05) is 116 Å². The first-order valence-corrected chi connectivity index (χ1v) is 16.8. The molecule has 4 aromatic rings. The van der Waals surface area contributed by atoms with Crippen molar-refractivity contribution < 1.29 is 24.2 Å². The first-order chi connectivity index (χ1) is 23.9. The predicted molar refractivity (Wildman–Crippen MR) is 180 cm³/mol. The fourth-order valence-corrected chi connectivity index (χ4v) is 8.42. The lowest BCUT2D eigenvalue weighted by atomic mass is 9.73. The van der Waals surface area contributed by atoms with E-state index in [1.165, 1.54) is 4.90 Å². The molecule has 3 amide bonds. The number of likely N-dealkylation sites (tertiary alicyclic amines) is 1. The number of carbonyl (C=O) groups is 3. The van der Waals surface area contributed by atoms with E-state index in [1.54, 1.807) is 14.5 Å². The number of aliphatic hydroxyl groups excluding tert-OH is 1. The molecule has 0 radical (unpaired) electrons. The third-order valence-corrected chi connectivity index (χ3v) is 10.7. The van der Waals surface area contributed by atoms with Gasteiger partial charge in [0.15, 0.2) is 0 Å². The van der Waals surface area contributed by atoms with Gasteiger partial charge < -0.3 is 24.5 Å². The smallest absolute Gasteiger partial charge is 0.250 e. The summed E-state index contributed by atoms with van der Waals surface area (Å²) in [5.74, 6) is -2.82. The summed E-state index contributed by atoms with van der Waals surface area (Å²) in [6.07, 6.45) is 8.01. The van der Waals surface area contributed by atoms with Gasteiger partial charge >= 0.3 is 0 Å². The van der Waals surface area contributed by atoms with Crippen LogP contribution in [0.2, 0.25) is 0 Å². The second kappa shape index (κ2) is 12.1. The Morgan fingerprint density at radius 2 is 1.53 bits per heavy atom. The highest BCUT2D eigenvalue weighted by molar-refractivity contribution is 6.00. The van der Waals surface area contributed by atoms with Gasteiger partial charge in [-0.25, -0.2) is 4.68 Å². The van der Waals surface area contributed by atoms with Crippen LogP contribution in [0, 0.1) is 11.8 Å². The van der Waals surface area contributed by atoms with Gasteiger partial charge in [-0.2, -0.15) is 0 Å². The molecule has 1 spiro atoms. The molecular weight excluding hydrogens is 620 g/mol. The summed E-state index contributed by atoms with van der Waals surface area (Å²) in [6, 6.07) is 24.5. The van der Waals surface area contributed by atoms with E-state index >= 15 is 9.59 Å². The molecule has 2 saturated heterocycles. The molecule has 3 aromatic carbocycles. The van der Waals surface area contributed by atoms with Crippen molar-refractivity contribution in [3.05, 3.63) is 120 Å². The Labute approximate surface area is 284 Å². The molecule has 1 unspecified atom stereocenters. The zero-order valence-corrected chi connectivity index (χ0v) is 27.2. The molecule has 1 N–H and O–H groups in total. The van der Waals surface area contributed by atoms with Crippen LogP contribution in [0.3, 0.4) is 0 Å². The molecule has 11 nitrogen and oxygen atoms in total. The predicted octanol–water partition coefficient (Wildman–Crippen LogP) is 3.48. The average molecular weight is 659 g/mol. The van der Waals surface area contributed by atoms with Gasteiger partial charge in [-0.1, -0.05) is 109 Å². The van der Waals surface area contributed by atoms with Crippen LogP contribution in [0.5, 0.6) is 0 Å². The minimum absolute atomic E-state index is 0.0874. The monoisotopic (exact) mass is 658 g/mol. The van der Waals surface area contributed by atoms with Gasteiger partial charge in [0.1, 0.15) is 23.8 Å². The largest absolute Gasteiger partial charge is 0.394 e. The first kappa shape index (κ1) is 31.2. The van der Waals surface area contributed by atoms with Gasteiger partial charge in [0.05, 0.1) is 35.6 Å². The number of hydrogen-bond donors (Lipinski definition) is 1. The van der Waals surface area contributed by atoms with Crippen molar-refractivity contribution in [2.45, 2.75) is 49.8 Å². The molecule has 49 heavy (non-hydrogen) atoms. The highest BCUT2D eigenvalue weighted by atomic mass is 16.5. The van der Waals surface area contributed by atoms with Crippen molar-refractivity contribution in [2.24, 2.45) is 11.8 Å². The number of hydrogen-bond acceptors (Lipinski definition) is 7. The van der Waals surface area contributed by atoms with Crippen LogP contribution in [0.15, 0.2) is 109 Å². The normalized spacial score (nSPS) is 28.4. The average Bonchev–Trinajstić information content (AvgIpc) is 3.68. The number of carbonyl (C=O) groups excluding carboxylic acids is 3. The molecule has 0 saturated carbocycles. The van der Waals surface area contributed by atoms with E-state index in [0.717, 1.165) is 11.1 Å². The number of ether oxygens (including phenoxy) is 1. The summed E-state index contributed by atoms with van der Waals surface area (Å²) in [5.41, 5.74) is 0.551. The minimum Gasteiger partial charge on any atom is -0.394 e. The van der Waals surface area contributed by atoms with Gasteiger partial charge in [-0.3, -0.25) is 14.4 Å². The maximum Gasteiger partial charge on any atom is 0.250 e. The number of para-hydroxylation sites is 1. The molecule has 6 atom stereocenters. The molecule has 8 rings (SSSR count). The second-order valence-electron chi connectivity index (χ2n) is 13.3. The third-order valence-electron chi connectivity index (χ3n) is 10.7. The Hall–Kier alpha value is -5.13. The molecule has 4 aliphatic heterocycles. The molecule has 5 heterocycles.